The van der Waals surface area contributed by atoms with E-state index in [0.29, 0.717) is 6.42 Å². The van der Waals surface area contributed by atoms with Crippen molar-refractivity contribution in [2.45, 2.75) is 19.8 Å². The first-order valence-electron chi connectivity index (χ1n) is 4.42. The lowest BCUT2D eigenvalue weighted by atomic mass is 10.2. The second-order valence-electron chi connectivity index (χ2n) is 3.16. The van der Waals surface area contributed by atoms with Crippen molar-refractivity contribution in [3.8, 4) is 0 Å². The van der Waals surface area contributed by atoms with Crippen LogP contribution in [0.25, 0.3) is 6.08 Å². The Hall–Kier alpha value is -1.58. The third-order valence-electron chi connectivity index (χ3n) is 2.27. The van der Waals surface area contributed by atoms with E-state index >= 15 is 0 Å². The highest BCUT2D eigenvalue weighted by atomic mass is 16.4. The summed E-state index contributed by atoms with van der Waals surface area (Å²) in [5.74, 6) is -0.0157. The molecular formula is C10H14N2O2. The maximum Gasteiger partial charge on any atom is 0.303 e. The molecule has 1 N–H and O–H groups in total. The number of carboxylic acids is 1. The average Bonchev–Trinajstić information content (AvgIpc) is 2.41. The first kappa shape index (κ1) is 10.5. The van der Waals surface area contributed by atoms with E-state index in [0.717, 1.165) is 17.2 Å². The van der Waals surface area contributed by atoms with Crippen molar-refractivity contribution in [2.24, 2.45) is 7.05 Å². The molecule has 0 amide bonds. The van der Waals surface area contributed by atoms with Crippen LogP contribution in [0, 0.1) is 6.92 Å². The van der Waals surface area contributed by atoms with Crippen LogP contribution in [0.5, 0.6) is 0 Å². The van der Waals surface area contributed by atoms with Crippen LogP contribution in [0.4, 0.5) is 0 Å². The van der Waals surface area contributed by atoms with Gasteiger partial charge in [0.1, 0.15) is 5.82 Å². The van der Waals surface area contributed by atoms with Gasteiger partial charge in [-0.2, -0.15) is 0 Å². The summed E-state index contributed by atoms with van der Waals surface area (Å²) in [7, 11) is 1.89. The Morgan fingerprint density at radius 1 is 1.71 bits per heavy atom. The topological polar surface area (TPSA) is 55.1 Å². The standard InChI is InChI=1S/C10H14N2O2/c1-4-9-11-8(5-6-10(13)14)7(2)12(9)3/h4H,1,5-6H2,2-3H3,(H,13,14). The summed E-state index contributed by atoms with van der Waals surface area (Å²) in [5, 5.41) is 8.54. The fourth-order valence-corrected chi connectivity index (χ4v) is 1.30. The first-order valence-corrected chi connectivity index (χ1v) is 4.42. The lowest BCUT2D eigenvalue weighted by molar-refractivity contribution is -0.136. The Morgan fingerprint density at radius 3 is 2.79 bits per heavy atom. The molecule has 76 valence electrons. The Labute approximate surface area is 82.9 Å². The number of carboxylic acid groups (broad SMARTS) is 1. The molecule has 0 aliphatic heterocycles. The van der Waals surface area contributed by atoms with Gasteiger partial charge >= 0.3 is 5.97 Å². The molecule has 1 aromatic rings. The van der Waals surface area contributed by atoms with Gasteiger partial charge in [-0.15, -0.1) is 0 Å². The van der Waals surface area contributed by atoms with Crippen LogP contribution in [0.15, 0.2) is 6.58 Å². The number of hydrogen-bond acceptors (Lipinski definition) is 2. The van der Waals surface area contributed by atoms with E-state index in [4.69, 9.17) is 5.11 Å². The van der Waals surface area contributed by atoms with Crippen molar-refractivity contribution in [3.63, 3.8) is 0 Å². The minimum absolute atomic E-state index is 0.119. The van der Waals surface area contributed by atoms with Gasteiger partial charge in [-0.1, -0.05) is 6.58 Å². The second-order valence-corrected chi connectivity index (χ2v) is 3.16. The summed E-state index contributed by atoms with van der Waals surface area (Å²) in [6, 6.07) is 0. The van der Waals surface area contributed by atoms with Crippen LogP contribution in [0.2, 0.25) is 0 Å². The molecule has 0 saturated carbocycles. The van der Waals surface area contributed by atoms with Crippen molar-refractivity contribution in [2.75, 3.05) is 0 Å². The summed E-state index contributed by atoms with van der Waals surface area (Å²) in [6.07, 6.45) is 2.26. The first-order chi connectivity index (χ1) is 6.56. The molecule has 0 atom stereocenters. The zero-order chi connectivity index (χ0) is 10.7. The predicted molar refractivity (Wildman–Crippen MR) is 54.0 cm³/mol. The molecule has 0 radical (unpaired) electrons. The van der Waals surface area contributed by atoms with Gasteiger partial charge in [0.15, 0.2) is 0 Å². The van der Waals surface area contributed by atoms with Crippen LogP contribution in [0.3, 0.4) is 0 Å². The number of aromatic nitrogens is 2. The molecule has 0 unspecified atom stereocenters. The van der Waals surface area contributed by atoms with Crippen LogP contribution >= 0.6 is 0 Å². The number of aliphatic carboxylic acids is 1. The number of aryl methyl sites for hydroxylation is 1. The normalized spacial score (nSPS) is 10.1. The maximum absolute atomic E-state index is 10.4. The fourth-order valence-electron chi connectivity index (χ4n) is 1.30. The molecule has 0 aromatic carbocycles. The molecular weight excluding hydrogens is 180 g/mol. The summed E-state index contributed by atoms with van der Waals surface area (Å²) >= 11 is 0. The van der Waals surface area contributed by atoms with E-state index in [9.17, 15) is 4.79 Å². The van der Waals surface area contributed by atoms with Crippen molar-refractivity contribution < 1.29 is 9.90 Å². The van der Waals surface area contributed by atoms with Crippen molar-refractivity contribution >= 4 is 12.0 Å². The lowest BCUT2D eigenvalue weighted by Crippen LogP contribution is -1.99. The molecule has 4 nitrogen and oxygen atoms in total. The van der Waals surface area contributed by atoms with E-state index in [1.54, 1.807) is 6.08 Å². The van der Waals surface area contributed by atoms with Crippen molar-refractivity contribution in [1.29, 1.82) is 0 Å². The van der Waals surface area contributed by atoms with Gasteiger partial charge in [0.25, 0.3) is 0 Å². The number of rotatable bonds is 4. The predicted octanol–water partition coefficient (Wildman–Crippen LogP) is 1.39. The Morgan fingerprint density at radius 2 is 2.36 bits per heavy atom. The minimum Gasteiger partial charge on any atom is -0.481 e. The third-order valence-corrected chi connectivity index (χ3v) is 2.27. The van der Waals surface area contributed by atoms with Gasteiger partial charge in [-0.05, 0) is 13.0 Å². The average molecular weight is 194 g/mol. The summed E-state index contributed by atoms with van der Waals surface area (Å²) in [4.78, 5) is 14.7. The quantitative estimate of drug-likeness (QED) is 0.788. The van der Waals surface area contributed by atoms with Gasteiger partial charge in [0.2, 0.25) is 0 Å². The van der Waals surface area contributed by atoms with Gasteiger partial charge in [-0.3, -0.25) is 4.79 Å². The molecule has 1 rings (SSSR count). The van der Waals surface area contributed by atoms with Gasteiger partial charge in [0.05, 0.1) is 12.1 Å². The van der Waals surface area contributed by atoms with Crippen LogP contribution in [0.1, 0.15) is 23.6 Å². The number of imidazole rings is 1. The molecule has 0 aliphatic carbocycles. The zero-order valence-corrected chi connectivity index (χ0v) is 8.45. The summed E-state index contributed by atoms with van der Waals surface area (Å²) < 4.78 is 1.91. The molecule has 0 bridgehead atoms. The molecule has 0 spiro atoms. The van der Waals surface area contributed by atoms with Crippen LogP contribution in [-0.2, 0) is 18.3 Å². The van der Waals surface area contributed by atoms with Gasteiger partial charge in [0, 0.05) is 19.2 Å². The molecule has 0 fully saturated rings. The Balaban J connectivity index is 2.87. The largest absolute Gasteiger partial charge is 0.481 e. The van der Waals surface area contributed by atoms with Crippen molar-refractivity contribution in [3.05, 3.63) is 23.8 Å². The number of carbonyl (C=O) groups is 1. The maximum atomic E-state index is 10.4. The molecule has 1 aromatic heterocycles. The Kier molecular flexibility index (Phi) is 3.06. The van der Waals surface area contributed by atoms with Crippen LogP contribution in [-0.4, -0.2) is 20.6 Å². The second kappa shape index (κ2) is 4.09. The zero-order valence-electron chi connectivity index (χ0n) is 8.45. The Bertz CT molecular complexity index is 366. The monoisotopic (exact) mass is 194 g/mol. The molecule has 14 heavy (non-hydrogen) atoms. The highest BCUT2D eigenvalue weighted by Crippen LogP contribution is 2.11. The SMILES string of the molecule is C=Cc1nc(CCC(=O)O)c(C)n1C. The smallest absolute Gasteiger partial charge is 0.303 e. The number of hydrogen-bond donors (Lipinski definition) is 1. The molecule has 4 heteroatoms. The van der Waals surface area contributed by atoms with E-state index in [1.807, 2.05) is 18.5 Å². The summed E-state index contributed by atoms with van der Waals surface area (Å²) in [6.45, 7) is 5.57. The molecule has 0 saturated heterocycles. The fraction of sp³-hybridized carbons (Fsp3) is 0.400. The number of nitrogens with zero attached hydrogens (tertiary/aromatic N) is 2. The minimum atomic E-state index is -0.796. The summed E-state index contributed by atoms with van der Waals surface area (Å²) in [5.41, 5.74) is 1.84. The lowest BCUT2D eigenvalue weighted by Gasteiger charge is -1.98. The van der Waals surface area contributed by atoms with E-state index < -0.39 is 5.97 Å². The highest BCUT2D eigenvalue weighted by Gasteiger charge is 2.09. The van der Waals surface area contributed by atoms with E-state index in [2.05, 4.69) is 11.6 Å². The van der Waals surface area contributed by atoms with Crippen molar-refractivity contribution in [1.82, 2.24) is 9.55 Å². The van der Waals surface area contributed by atoms with Gasteiger partial charge in [-0.25, -0.2) is 4.98 Å². The highest BCUT2D eigenvalue weighted by molar-refractivity contribution is 5.67. The van der Waals surface area contributed by atoms with Gasteiger partial charge < -0.3 is 9.67 Å². The van der Waals surface area contributed by atoms with E-state index in [1.165, 1.54) is 0 Å². The van der Waals surface area contributed by atoms with Crippen LogP contribution < -0.4 is 0 Å². The molecule has 0 aliphatic rings. The third kappa shape index (κ3) is 2.02. The van der Waals surface area contributed by atoms with E-state index in [-0.39, 0.29) is 6.42 Å². The molecule has 1 heterocycles.